The molecule has 2 aromatic carbocycles. The number of hydrogen-bond donors (Lipinski definition) is 0. The number of benzene rings is 2. The van der Waals surface area contributed by atoms with Gasteiger partial charge in [-0.1, -0.05) is 30.3 Å². The average molecular weight is 388 g/mol. The third kappa shape index (κ3) is 4.84. The quantitative estimate of drug-likeness (QED) is 0.677. The average Bonchev–Trinajstić information content (AvgIpc) is 2.67. The minimum Gasteiger partial charge on any atom is -0.495 e. The smallest absolute Gasteiger partial charge is 0.339 e. The first-order valence-electron chi connectivity index (χ1n) is 8.08. The molecule has 0 aliphatic heterocycles. The molecular weight excluding hydrogens is 368 g/mol. The maximum Gasteiger partial charge on any atom is 0.339 e. The summed E-state index contributed by atoms with van der Waals surface area (Å²) in [6, 6.07) is 14.9. The number of methoxy groups -OCH3 is 1. The molecule has 0 saturated heterocycles. The maximum atomic E-state index is 13.0. The van der Waals surface area contributed by atoms with E-state index in [1.165, 1.54) is 43.6 Å². The van der Waals surface area contributed by atoms with Crippen molar-refractivity contribution in [3.05, 3.63) is 59.7 Å². The Morgan fingerprint density at radius 2 is 1.89 bits per heavy atom. The van der Waals surface area contributed by atoms with Gasteiger partial charge in [-0.25, -0.2) is 13.2 Å². The molecule has 0 radical (unpaired) electrons. The van der Waals surface area contributed by atoms with Crippen molar-refractivity contribution in [2.24, 2.45) is 0 Å². The highest BCUT2D eigenvalue weighted by atomic mass is 32.2. The largest absolute Gasteiger partial charge is 0.495 e. The molecule has 0 saturated carbocycles. The summed E-state index contributed by atoms with van der Waals surface area (Å²) in [5.41, 5.74) is 0.838. The summed E-state index contributed by atoms with van der Waals surface area (Å²) in [7, 11) is -1.14. The topological polar surface area (TPSA) is 96.7 Å². The minimum atomic E-state index is -3.93. The van der Waals surface area contributed by atoms with E-state index in [-0.39, 0.29) is 22.8 Å². The molecule has 0 amide bonds. The third-order valence-corrected chi connectivity index (χ3v) is 5.63. The molecule has 0 aromatic heterocycles. The fourth-order valence-electron chi connectivity index (χ4n) is 2.35. The fraction of sp³-hybridized carbons (Fsp3) is 0.263. The first-order chi connectivity index (χ1) is 12.8. The number of nitriles is 1. The van der Waals surface area contributed by atoms with E-state index in [2.05, 4.69) is 0 Å². The summed E-state index contributed by atoms with van der Waals surface area (Å²) >= 11 is 0. The van der Waals surface area contributed by atoms with Gasteiger partial charge in [0.1, 0.15) is 16.7 Å². The molecule has 1 atom stereocenters. The standard InChI is InChI=1S/C19H20N2O5S/c1-14(12-20)26-19(22)16-9-10-17(25-3)18(11-16)27(23,24)21(2)13-15-7-5-4-6-8-15/h4-11,14H,13H2,1-3H3/t14-/m0/s1. The molecule has 0 N–H and O–H groups in total. The van der Waals surface area contributed by atoms with E-state index in [0.717, 1.165) is 5.56 Å². The Balaban J connectivity index is 2.38. The summed E-state index contributed by atoms with van der Waals surface area (Å²) in [6.45, 7) is 1.58. The fourth-order valence-corrected chi connectivity index (χ4v) is 3.69. The molecule has 142 valence electrons. The van der Waals surface area contributed by atoms with Crippen LogP contribution in [0.2, 0.25) is 0 Å². The monoisotopic (exact) mass is 388 g/mol. The number of hydrogen-bond acceptors (Lipinski definition) is 6. The second kappa shape index (κ2) is 8.66. The lowest BCUT2D eigenvalue weighted by Crippen LogP contribution is -2.27. The van der Waals surface area contributed by atoms with E-state index in [1.807, 2.05) is 30.3 Å². The van der Waals surface area contributed by atoms with Crippen LogP contribution in [0.25, 0.3) is 0 Å². The van der Waals surface area contributed by atoms with Gasteiger partial charge in [-0.3, -0.25) is 0 Å². The Bertz CT molecular complexity index is 952. The van der Waals surface area contributed by atoms with Gasteiger partial charge in [-0.15, -0.1) is 0 Å². The number of esters is 1. The summed E-state index contributed by atoms with van der Waals surface area (Å²) < 4.78 is 37.3. The van der Waals surface area contributed by atoms with Crippen molar-refractivity contribution >= 4 is 16.0 Å². The van der Waals surface area contributed by atoms with Crippen LogP contribution in [0.1, 0.15) is 22.8 Å². The van der Waals surface area contributed by atoms with Crippen LogP contribution < -0.4 is 4.74 Å². The van der Waals surface area contributed by atoms with Crippen LogP contribution in [-0.2, 0) is 21.3 Å². The van der Waals surface area contributed by atoms with Gasteiger partial charge in [0, 0.05) is 13.6 Å². The predicted molar refractivity (Wildman–Crippen MR) is 98.6 cm³/mol. The lowest BCUT2D eigenvalue weighted by Gasteiger charge is -2.19. The SMILES string of the molecule is COc1ccc(C(=O)O[C@@H](C)C#N)cc1S(=O)(=O)N(C)Cc1ccccc1. The number of ether oxygens (including phenoxy) is 2. The molecule has 27 heavy (non-hydrogen) atoms. The van der Waals surface area contributed by atoms with E-state index in [1.54, 1.807) is 6.07 Å². The van der Waals surface area contributed by atoms with Crippen LogP contribution in [0, 0.1) is 11.3 Å². The third-order valence-electron chi connectivity index (χ3n) is 3.80. The van der Waals surface area contributed by atoms with Gasteiger partial charge in [-0.2, -0.15) is 9.57 Å². The van der Waals surface area contributed by atoms with Gasteiger partial charge in [0.2, 0.25) is 10.0 Å². The number of rotatable bonds is 7. The molecule has 0 fully saturated rings. The predicted octanol–water partition coefficient (Wildman–Crippen LogP) is 2.58. The maximum absolute atomic E-state index is 13.0. The molecule has 0 heterocycles. The molecule has 7 nitrogen and oxygen atoms in total. The van der Waals surface area contributed by atoms with Crippen molar-refractivity contribution in [2.75, 3.05) is 14.2 Å². The molecular formula is C19H20N2O5S. The summed E-state index contributed by atoms with van der Waals surface area (Å²) in [4.78, 5) is 12.0. The number of carbonyl (C=O) groups is 1. The normalized spacial score (nSPS) is 12.3. The van der Waals surface area contributed by atoms with Crippen molar-refractivity contribution in [2.45, 2.75) is 24.5 Å². The van der Waals surface area contributed by atoms with E-state index >= 15 is 0 Å². The van der Waals surface area contributed by atoms with Gasteiger partial charge in [0.15, 0.2) is 6.10 Å². The summed E-state index contributed by atoms with van der Waals surface area (Å²) in [6.07, 6.45) is -0.944. The second-order valence-electron chi connectivity index (χ2n) is 5.79. The first-order valence-corrected chi connectivity index (χ1v) is 9.52. The van der Waals surface area contributed by atoms with Crippen molar-refractivity contribution in [3.8, 4) is 11.8 Å². The van der Waals surface area contributed by atoms with E-state index in [4.69, 9.17) is 14.7 Å². The Kier molecular flexibility index (Phi) is 6.55. The lowest BCUT2D eigenvalue weighted by atomic mass is 10.2. The van der Waals surface area contributed by atoms with Gasteiger partial charge in [-0.05, 0) is 30.7 Å². The highest BCUT2D eigenvalue weighted by molar-refractivity contribution is 7.89. The zero-order valence-corrected chi connectivity index (χ0v) is 16.1. The molecule has 2 aromatic rings. The van der Waals surface area contributed by atoms with Crippen molar-refractivity contribution < 1.29 is 22.7 Å². The molecule has 0 unspecified atom stereocenters. The zero-order valence-electron chi connectivity index (χ0n) is 15.2. The molecule has 0 spiro atoms. The highest BCUT2D eigenvalue weighted by Gasteiger charge is 2.27. The van der Waals surface area contributed by atoms with Gasteiger partial charge in [0.05, 0.1) is 12.7 Å². The van der Waals surface area contributed by atoms with Crippen molar-refractivity contribution in [3.63, 3.8) is 0 Å². The Morgan fingerprint density at radius 1 is 1.22 bits per heavy atom. The minimum absolute atomic E-state index is 0.0181. The van der Waals surface area contributed by atoms with Crippen molar-refractivity contribution in [1.82, 2.24) is 4.31 Å². The van der Waals surface area contributed by atoms with Gasteiger partial charge >= 0.3 is 5.97 Å². The van der Waals surface area contributed by atoms with Crippen LogP contribution in [-0.4, -0.2) is 39.0 Å². The van der Waals surface area contributed by atoms with Crippen LogP contribution in [0.5, 0.6) is 5.75 Å². The molecule has 0 bridgehead atoms. The first kappa shape index (κ1) is 20.4. The molecule has 0 aliphatic carbocycles. The van der Waals surface area contributed by atoms with E-state index < -0.39 is 22.1 Å². The summed E-state index contributed by atoms with van der Waals surface area (Å²) in [5, 5.41) is 8.76. The number of sulfonamides is 1. The Morgan fingerprint density at radius 3 is 2.48 bits per heavy atom. The van der Waals surface area contributed by atoms with Gasteiger partial charge < -0.3 is 9.47 Å². The zero-order chi connectivity index (χ0) is 20.0. The van der Waals surface area contributed by atoms with Gasteiger partial charge in [0.25, 0.3) is 0 Å². The highest BCUT2D eigenvalue weighted by Crippen LogP contribution is 2.28. The van der Waals surface area contributed by atoms with Crippen LogP contribution in [0.3, 0.4) is 0 Å². The van der Waals surface area contributed by atoms with E-state index in [9.17, 15) is 13.2 Å². The summed E-state index contributed by atoms with van der Waals surface area (Å²) in [5.74, 6) is -0.673. The molecule has 8 heteroatoms. The Hall–Kier alpha value is -2.89. The number of carbonyl (C=O) groups excluding carboxylic acids is 1. The lowest BCUT2D eigenvalue weighted by molar-refractivity contribution is 0.0435. The second-order valence-corrected chi connectivity index (χ2v) is 7.80. The Labute approximate surface area is 158 Å². The number of nitrogens with zero attached hydrogens (tertiary/aromatic N) is 2. The molecule has 2 rings (SSSR count). The molecule has 0 aliphatic rings. The van der Waals surface area contributed by atoms with E-state index in [0.29, 0.717) is 0 Å². The van der Waals surface area contributed by atoms with Crippen LogP contribution in [0.15, 0.2) is 53.4 Å². The van der Waals surface area contributed by atoms with Crippen LogP contribution >= 0.6 is 0 Å². The van der Waals surface area contributed by atoms with Crippen molar-refractivity contribution in [1.29, 1.82) is 5.26 Å². The van der Waals surface area contributed by atoms with Crippen LogP contribution in [0.4, 0.5) is 0 Å².